The lowest BCUT2D eigenvalue weighted by Gasteiger charge is -2.34. The number of aromatic nitrogens is 2. The molecule has 0 radical (unpaired) electrons. The van der Waals surface area contributed by atoms with Crippen LogP contribution in [0.3, 0.4) is 0 Å². The fraction of sp³-hybridized carbons (Fsp3) is 0.500. The first-order chi connectivity index (χ1) is 12.9. The smallest absolute Gasteiger partial charge is 0.272 e. The van der Waals surface area contributed by atoms with Gasteiger partial charge < -0.3 is 15.2 Å². The van der Waals surface area contributed by atoms with E-state index in [1.165, 1.54) is 12.1 Å². The number of hydrogen-bond acceptors (Lipinski definition) is 7. The number of nitro groups is 1. The summed E-state index contributed by atoms with van der Waals surface area (Å²) in [6, 6.07) is 4.12. The number of nitrogens with two attached hydrogens (primary N) is 1. The summed E-state index contributed by atoms with van der Waals surface area (Å²) in [6.45, 7) is 2.20. The van der Waals surface area contributed by atoms with Crippen LogP contribution < -0.4 is 5.73 Å². The van der Waals surface area contributed by atoms with Crippen molar-refractivity contribution in [1.29, 1.82) is 0 Å². The molecule has 0 bridgehead atoms. The first-order valence-electron chi connectivity index (χ1n) is 9.08. The number of benzene rings is 1. The molecular weight excluding hydrogens is 350 g/mol. The molecule has 1 saturated carbocycles. The zero-order valence-electron chi connectivity index (χ0n) is 15.1. The maximum absolute atomic E-state index is 13.0. The van der Waals surface area contributed by atoms with Gasteiger partial charge in [0.25, 0.3) is 11.6 Å². The zero-order valence-corrected chi connectivity index (χ0v) is 15.1. The Morgan fingerprint density at radius 3 is 2.81 bits per heavy atom. The molecule has 1 atom stereocenters. The van der Waals surface area contributed by atoms with Crippen molar-refractivity contribution in [2.24, 2.45) is 5.73 Å². The Morgan fingerprint density at radius 2 is 2.19 bits per heavy atom. The monoisotopic (exact) mass is 371 g/mol. The Balaban J connectivity index is 1.57. The first kappa shape index (κ1) is 17.6. The summed E-state index contributed by atoms with van der Waals surface area (Å²) < 4.78 is 5.44. The summed E-state index contributed by atoms with van der Waals surface area (Å²) in [5.41, 5.74) is 6.62. The highest BCUT2D eigenvalue weighted by Gasteiger charge is 2.41. The van der Waals surface area contributed by atoms with E-state index in [9.17, 15) is 14.9 Å². The van der Waals surface area contributed by atoms with E-state index in [1.807, 2.05) is 0 Å². The summed E-state index contributed by atoms with van der Waals surface area (Å²) in [6.07, 6.45) is 4.28. The third-order valence-corrected chi connectivity index (χ3v) is 5.57. The van der Waals surface area contributed by atoms with Gasteiger partial charge in [0.15, 0.2) is 5.82 Å². The summed E-state index contributed by atoms with van der Waals surface area (Å²) in [4.78, 5) is 29.7. The van der Waals surface area contributed by atoms with Gasteiger partial charge in [-0.25, -0.2) is 0 Å². The van der Waals surface area contributed by atoms with E-state index in [-0.39, 0.29) is 17.6 Å². The van der Waals surface area contributed by atoms with Gasteiger partial charge in [0.2, 0.25) is 5.89 Å². The summed E-state index contributed by atoms with van der Waals surface area (Å²) in [5.74, 6) is 0.724. The standard InChI is InChI=1S/C18H21N5O4/c1-11-10-12(5-6-13(11)23(25)26)16(24)22-9-2-4-14(22)15-20-17(21-27-15)18(19)7-3-8-18/h5-6,10,14H,2-4,7-9,19H2,1H3. The fourth-order valence-electron chi connectivity index (χ4n) is 3.78. The van der Waals surface area contributed by atoms with Gasteiger partial charge in [0.05, 0.1) is 10.5 Å². The van der Waals surface area contributed by atoms with Crippen LogP contribution in [0.5, 0.6) is 0 Å². The second kappa shape index (κ2) is 6.41. The number of amides is 1. The molecule has 1 aromatic heterocycles. The predicted octanol–water partition coefficient (Wildman–Crippen LogP) is 2.60. The molecule has 2 aliphatic rings. The largest absolute Gasteiger partial charge is 0.337 e. The average Bonchev–Trinajstić information content (AvgIpc) is 3.27. The number of aryl methyl sites for hydroxylation is 1. The highest BCUT2D eigenvalue weighted by atomic mass is 16.6. The highest BCUT2D eigenvalue weighted by molar-refractivity contribution is 5.95. The van der Waals surface area contributed by atoms with Crippen molar-refractivity contribution in [2.75, 3.05) is 6.54 Å². The molecule has 0 spiro atoms. The van der Waals surface area contributed by atoms with E-state index >= 15 is 0 Å². The highest BCUT2D eigenvalue weighted by Crippen LogP contribution is 2.39. The molecule has 9 nitrogen and oxygen atoms in total. The lowest BCUT2D eigenvalue weighted by atomic mass is 9.77. The van der Waals surface area contributed by atoms with Crippen molar-refractivity contribution < 1.29 is 14.2 Å². The van der Waals surface area contributed by atoms with Gasteiger partial charge in [-0.3, -0.25) is 14.9 Å². The van der Waals surface area contributed by atoms with Gasteiger partial charge in [-0.05, 0) is 51.2 Å². The molecule has 2 heterocycles. The van der Waals surface area contributed by atoms with Crippen molar-refractivity contribution in [3.63, 3.8) is 0 Å². The molecule has 1 aliphatic heterocycles. The molecule has 2 aromatic rings. The van der Waals surface area contributed by atoms with E-state index in [0.29, 0.717) is 29.4 Å². The normalized spacial score (nSPS) is 21.1. The lowest BCUT2D eigenvalue weighted by molar-refractivity contribution is -0.385. The van der Waals surface area contributed by atoms with E-state index in [0.717, 1.165) is 32.1 Å². The molecule has 2 fully saturated rings. The third kappa shape index (κ3) is 2.97. The zero-order chi connectivity index (χ0) is 19.2. The Kier molecular flexibility index (Phi) is 4.18. The van der Waals surface area contributed by atoms with Crippen LogP contribution in [-0.2, 0) is 5.54 Å². The molecule has 1 amide bonds. The Bertz CT molecular complexity index is 905. The maximum atomic E-state index is 13.0. The van der Waals surface area contributed by atoms with Gasteiger partial charge in [-0.2, -0.15) is 4.98 Å². The SMILES string of the molecule is Cc1cc(C(=O)N2CCCC2c2nc(C3(N)CCC3)no2)ccc1[N+](=O)[O-]. The van der Waals surface area contributed by atoms with Crippen LogP contribution in [0.15, 0.2) is 22.7 Å². The van der Waals surface area contributed by atoms with E-state index in [1.54, 1.807) is 17.9 Å². The van der Waals surface area contributed by atoms with Crippen molar-refractivity contribution in [2.45, 2.75) is 50.6 Å². The molecule has 9 heteroatoms. The van der Waals surface area contributed by atoms with Crippen molar-refractivity contribution >= 4 is 11.6 Å². The van der Waals surface area contributed by atoms with Gasteiger partial charge in [-0.15, -0.1) is 0 Å². The maximum Gasteiger partial charge on any atom is 0.272 e. The minimum absolute atomic E-state index is 0.000178. The van der Waals surface area contributed by atoms with E-state index in [2.05, 4.69) is 10.1 Å². The predicted molar refractivity (Wildman–Crippen MR) is 94.9 cm³/mol. The van der Waals surface area contributed by atoms with E-state index < -0.39 is 10.5 Å². The fourth-order valence-corrected chi connectivity index (χ4v) is 3.78. The first-order valence-corrected chi connectivity index (χ1v) is 9.08. The molecule has 1 saturated heterocycles. The Morgan fingerprint density at radius 1 is 1.41 bits per heavy atom. The van der Waals surface area contributed by atoms with Crippen LogP contribution in [-0.4, -0.2) is 32.4 Å². The number of hydrogen-bond donors (Lipinski definition) is 1. The molecular formula is C18H21N5O4. The van der Waals surface area contributed by atoms with Gasteiger partial charge in [0, 0.05) is 23.7 Å². The average molecular weight is 371 g/mol. The number of nitro benzene ring substituents is 1. The van der Waals surface area contributed by atoms with Crippen LogP contribution >= 0.6 is 0 Å². The van der Waals surface area contributed by atoms with Crippen molar-refractivity contribution in [3.8, 4) is 0 Å². The molecule has 4 rings (SSSR count). The molecule has 142 valence electrons. The minimum Gasteiger partial charge on any atom is -0.337 e. The molecule has 27 heavy (non-hydrogen) atoms. The summed E-state index contributed by atoms with van der Waals surface area (Å²) in [7, 11) is 0. The van der Waals surface area contributed by atoms with Crippen LogP contribution in [0.2, 0.25) is 0 Å². The topological polar surface area (TPSA) is 128 Å². The van der Waals surface area contributed by atoms with Crippen LogP contribution in [0.25, 0.3) is 0 Å². The van der Waals surface area contributed by atoms with E-state index in [4.69, 9.17) is 10.3 Å². The number of rotatable bonds is 4. The van der Waals surface area contributed by atoms with Crippen molar-refractivity contribution in [1.82, 2.24) is 15.0 Å². The molecule has 1 aromatic carbocycles. The Hall–Kier alpha value is -2.81. The third-order valence-electron chi connectivity index (χ3n) is 5.57. The van der Waals surface area contributed by atoms with Gasteiger partial charge >= 0.3 is 0 Å². The summed E-state index contributed by atoms with van der Waals surface area (Å²) >= 11 is 0. The van der Waals surface area contributed by atoms with Gasteiger partial charge in [0.1, 0.15) is 6.04 Å². The number of likely N-dealkylation sites (tertiary alicyclic amines) is 1. The lowest BCUT2D eigenvalue weighted by Crippen LogP contribution is -2.44. The molecule has 1 unspecified atom stereocenters. The minimum atomic E-state index is -0.509. The summed E-state index contributed by atoms with van der Waals surface area (Å²) in [5, 5.41) is 15.0. The molecule has 2 N–H and O–H groups in total. The molecule has 1 aliphatic carbocycles. The number of carbonyl (C=O) groups is 1. The van der Waals surface area contributed by atoms with Crippen LogP contribution in [0.1, 0.15) is 65.8 Å². The second-order valence-corrected chi connectivity index (χ2v) is 7.38. The van der Waals surface area contributed by atoms with Gasteiger partial charge in [-0.1, -0.05) is 5.16 Å². The van der Waals surface area contributed by atoms with Crippen LogP contribution in [0.4, 0.5) is 5.69 Å². The number of nitrogens with zero attached hydrogens (tertiary/aromatic N) is 4. The number of carbonyl (C=O) groups excluding carboxylic acids is 1. The Labute approximate surface area is 155 Å². The second-order valence-electron chi connectivity index (χ2n) is 7.38. The quantitative estimate of drug-likeness (QED) is 0.646. The van der Waals surface area contributed by atoms with Crippen LogP contribution in [0, 0.1) is 17.0 Å². The van der Waals surface area contributed by atoms with Crippen molar-refractivity contribution in [3.05, 3.63) is 51.2 Å².